The summed E-state index contributed by atoms with van der Waals surface area (Å²) < 4.78 is 42.8. The molecule has 59 heavy (non-hydrogen) atoms. The first-order chi connectivity index (χ1) is 27.3. The summed E-state index contributed by atoms with van der Waals surface area (Å²) in [5, 5.41) is 2.76. The molecule has 2 amide bonds. The summed E-state index contributed by atoms with van der Waals surface area (Å²) in [6, 6.07) is 2.78. The molecule has 3 unspecified atom stereocenters. The van der Waals surface area contributed by atoms with Crippen LogP contribution in [0.25, 0.3) is 0 Å². The number of alkyl carbamates (subject to hydrolysis) is 1. The number of aromatic nitrogens is 2. The van der Waals surface area contributed by atoms with Crippen molar-refractivity contribution in [1.29, 1.82) is 0 Å². The van der Waals surface area contributed by atoms with Crippen LogP contribution in [0.4, 0.5) is 9.59 Å². The van der Waals surface area contributed by atoms with E-state index in [0.29, 0.717) is 29.5 Å². The maximum atomic E-state index is 14.2. The highest BCUT2D eigenvalue weighted by molar-refractivity contribution is 6.49. The normalized spacial score (nSPS) is 27.7. The van der Waals surface area contributed by atoms with E-state index in [2.05, 4.69) is 36.1 Å². The van der Waals surface area contributed by atoms with E-state index >= 15 is 0 Å². The molecule has 8 rings (SSSR count). The van der Waals surface area contributed by atoms with Crippen molar-refractivity contribution in [2.24, 2.45) is 17.3 Å². The van der Waals surface area contributed by atoms with Crippen molar-refractivity contribution >= 4 is 31.2 Å². The molecule has 2 saturated heterocycles. The molecule has 322 valence electrons. The van der Waals surface area contributed by atoms with Gasteiger partial charge in [0, 0.05) is 12.0 Å². The van der Waals surface area contributed by atoms with Gasteiger partial charge >= 0.3 is 25.3 Å². The number of carbonyl (C=O) groups is 4. The third-order valence-corrected chi connectivity index (χ3v) is 12.3. The molecule has 6 fully saturated rings. The van der Waals surface area contributed by atoms with E-state index in [9.17, 15) is 19.2 Å². The van der Waals surface area contributed by atoms with Crippen LogP contribution in [0.2, 0.25) is 5.82 Å². The Bertz CT molecular complexity index is 1940. The third-order valence-electron chi connectivity index (χ3n) is 12.3. The molecule has 1 aromatic carbocycles. The molecule has 2 aliphatic heterocycles. The number of H-pyrrole nitrogens is 1. The minimum atomic E-state index is -0.973. The molecule has 16 heteroatoms. The van der Waals surface area contributed by atoms with E-state index < -0.39 is 54.3 Å². The minimum absolute atomic E-state index is 0.00540. The molecule has 4 saturated carbocycles. The summed E-state index contributed by atoms with van der Waals surface area (Å²) in [5.74, 6) is 0.0216. The van der Waals surface area contributed by atoms with Crippen molar-refractivity contribution in [3.8, 4) is 11.5 Å². The number of rotatable bonds is 10. The van der Waals surface area contributed by atoms with Gasteiger partial charge in [-0.2, -0.15) is 0 Å². The molecule has 4 aliphatic carbocycles. The Morgan fingerprint density at radius 3 is 2.24 bits per heavy atom. The number of nitrogens with one attached hydrogen (secondary N) is 2. The summed E-state index contributed by atoms with van der Waals surface area (Å²) >= 11 is 0. The standard InChI is InChI=1S/C43H61BN4O11/c1-39(2,3)55-36(50)34-30(53-24-20-48(21-24)33(49)18-28(29-19-45-22-46-29)47-37(51)56-40(4,5)6)14-13-25(35(34)54-38(52)57-41(7,8)9)26-17-27(26)44-58-32-16-23-15-31(42(23,10)11)43(32,12)59-44/h13-14,19,22-24,26-28,31-32H,15-18,20-21H2,1-12H3,(H,45,46)(H,47,51)/t23-,26?,27?,28?,31-,32+,43-/m0/s1. The molecule has 2 N–H and O–H groups in total. The lowest BCUT2D eigenvalue weighted by Crippen LogP contribution is -2.65. The first-order valence-electron chi connectivity index (χ1n) is 20.9. The maximum absolute atomic E-state index is 14.2. The SMILES string of the molecule is CC(C)(C)OC(=O)NC(CC(=O)N1CC(Oc2ccc(C3CC3B3O[C@@H]4C[C@@H]5C[C@@H](C5(C)C)[C@]4(C)O3)c(OC(=O)OC(C)(C)C)c2C(=O)OC(C)(C)C)C1)c1c[nH]cn1. The number of amides is 2. The van der Waals surface area contributed by atoms with Crippen LogP contribution < -0.4 is 14.8 Å². The van der Waals surface area contributed by atoms with Gasteiger partial charge in [0.25, 0.3) is 0 Å². The van der Waals surface area contributed by atoms with Crippen molar-refractivity contribution in [1.82, 2.24) is 20.2 Å². The molecule has 7 atom stereocenters. The highest BCUT2D eigenvalue weighted by atomic mass is 16.7. The number of aromatic amines is 1. The molecular formula is C43H61BN4O11. The van der Waals surface area contributed by atoms with Crippen LogP contribution in [-0.2, 0) is 28.3 Å². The van der Waals surface area contributed by atoms with Gasteiger partial charge in [-0.3, -0.25) is 4.79 Å². The average molecular weight is 821 g/mol. The predicted molar refractivity (Wildman–Crippen MR) is 216 cm³/mol. The Morgan fingerprint density at radius 1 is 0.949 bits per heavy atom. The van der Waals surface area contributed by atoms with Gasteiger partial charge < -0.3 is 48.2 Å². The first kappa shape index (κ1) is 42.8. The average Bonchev–Trinajstić information content (AvgIpc) is 3.47. The van der Waals surface area contributed by atoms with Crippen LogP contribution in [0.3, 0.4) is 0 Å². The lowest BCUT2D eigenvalue weighted by molar-refractivity contribution is -0.199. The van der Waals surface area contributed by atoms with Crippen molar-refractivity contribution in [2.45, 2.75) is 161 Å². The molecule has 0 radical (unpaired) electrons. The van der Waals surface area contributed by atoms with E-state index in [-0.39, 0.29) is 71.3 Å². The number of ether oxygens (including phenoxy) is 5. The summed E-state index contributed by atoms with van der Waals surface area (Å²) in [6.07, 6.45) is 3.69. The molecule has 3 heterocycles. The smallest absolute Gasteiger partial charge is 0.486 e. The van der Waals surface area contributed by atoms with Crippen LogP contribution in [0.15, 0.2) is 24.7 Å². The Balaban J connectivity index is 1.11. The fourth-order valence-corrected chi connectivity index (χ4v) is 9.25. The molecule has 2 bridgehead atoms. The highest BCUT2D eigenvalue weighted by Crippen LogP contribution is 2.68. The molecule has 0 spiro atoms. The molecule has 2 aromatic rings. The fourth-order valence-electron chi connectivity index (χ4n) is 9.25. The number of hydrogen-bond acceptors (Lipinski definition) is 12. The van der Waals surface area contributed by atoms with E-state index in [1.807, 2.05) is 6.07 Å². The largest absolute Gasteiger partial charge is 0.514 e. The second kappa shape index (κ2) is 15.0. The van der Waals surface area contributed by atoms with Crippen LogP contribution >= 0.6 is 0 Å². The lowest BCUT2D eigenvalue weighted by Gasteiger charge is -2.64. The zero-order valence-corrected chi connectivity index (χ0v) is 36.6. The third kappa shape index (κ3) is 9.08. The molecule has 15 nitrogen and oxygen atoms in total. The Labute approximate surface area is 347 Å². The lowest BCUT2D eigenvalue weighted by atomic mass is 9.43. The summed E-state index contributed by atoms with van der Waals surface area (Å²) in [7, 11) is -0.439. The second-order valence-corrected chi connectivity index (χ2v) is 20.7. The summed E-state index contributed by atoms with van der Waals surface area (Å²) in [6.45, 7) is 23.0. The first-order valence-corrected chi connectivity index (χ1v) is 20.9. The molecular weight excluding hydrogens is 759 g/mol. The van der Waals surface area contributed by atoms with Gasteiger partial charge in [-0.25, -0.2) is 19.4 Å². The Morgan fingerprint density at radius 2 is 1.63 bits per heavy atom. The van der Waals surface area contributed by atoms with Crippen LogP contribution in [0, 0.1) is 17.3 Å². The van der Waals surface area contributed by atoms with E-state index in [1.165, 1.54) is 6.33 Å². The van der Waals surface area contributed by atoms with E-state index in [0.717, 1.165) is 12.8 Å². The summed E-state index contributed by atoms with van der Waals surface area (Å²) in [4.78, 5) is 62.4. The number of likely N-dealkylation sites (tertiary alicyclic amines) is 1. The van der Waals surface area contributed by atoms with E-state index in [4.69, 9.17) is 33.0 Å². The van der Waals surface area contributed by atoms with Crippen molar-refractivity contribution in [3.05, 3.63) is 41.5 Å². The predicted octanol–water partition coefficient (Wildman–Crippen LogP) is 7.51. The van der Waals surface area contributed by atoms with Gasteiger partial charge in [0.1, 0.15) is 34.2 Å². The Kier molecular flexibility index (Phi) is 10.9. The van der Waals surface area contributed by atoms with Gasteiger partial charge in [-0.05, 0) is 123 Å². The van der Waals surface area contributed by atoms with Gasteiger partial charge in [-0.1, -0.05) is 19.9 Å². The number of imidazole rings is 1. The second-order valence-electron chi connectivity index (χ2n) is 20.7. The van der Waals surface area contributed by atoms with Crippen molar-refractivity contribution in [3.63, 3.8) is 0 Å². The number of esters is 1. The van der Waals surface area contributed by atoms with E-state index in [1.54, 1.807) is 79.5 Å². The van der Waals surface area contributed by atoms with Crippen LogP contribution in [-0.4, -0.2) is 93.8 Å². The zero-order valence-electron chi connectivity index (χ0n) is 36.6. The maximum Gasteiger partial charge on any atom is 0.514 e. The molecule has 6 aliphatic rings. The molecule has 1 aromatic heterocycles. The number of carbonyl (C=O) groups excluding carboxylic acids is 4. The van der Waals surface area contributed by atoms with Crippen molar-refractivity contribution < 1.29 is 52.2 Å². The van der Waals surface area contributed by atoms with Gasteiger partial charge in [0.05, 0.1) is 49.3 Å². The highest BCUT2D eigenvalue weighted by Gasteiger charge is 2.70. The summed E-state index contributed by atoms with van der Waals surface area (Å²) in [5.41, 5.74) is -1.61. The number of nitrogens with zero attached hydrogens (tertiary/aromatic N) is 2. The zero-order chi connectivity index (χ0) is 43.0. The van der Waals surface area contributed by atoms with Crippen molar-refractivity contribution in [2.75, 3.05) is 13.1 Å². The van der Waals surface area contributed by atoms with Gasteiger partial charge in [0.2, 0.25) is 5.91 Å². The quantitative estimate of drug-likeness (QED) is 0.105. The van der Waals surface area contributed by atoms with Crippen LogP contribution in [0.5, 0.6) is 11.5 Å². The monoisotopic (exact) mass is 820 g/mol. The van der Waals surface area contributed by atoms with Gasteiger partial charge in [-0.15, -0.1) is 0 Å². The fraction of sp³-hybridized carbons (Fsp3) is 0.698. The van der Waals surface area contributed by atoms with Gasteiger partial charge in [0.15, 0.2) is 5.75 Å². The Hall–Kier alpha value is -4.31. The minimum Gasteiger partial charge on any atom is -0.486 e. The number of benzene rings is 1. The van der Waals surface area contributed by atoms with Crippen LogP contribution in [0.1, 0.15) is 142 Å². The number of hydrogen-bond donors (Lipinski definition) is 2. The topological polar surface area (TPSA) is 177 Å².